The Morgan fingerprint density at radius 2 is 1.81 bits per heavy atom. The van der Waals surface area contributed by atoms with E-state index in [9.17, 15) is 0 Å². The van der Waals surface area contributed by atoms with Crippen LogP contribution in [0.1, 0.15) is 39.7 Å². The predicted molar refractivity (Wildman–Crippen MR) is 77.8 cm³/mol. The van der Waals surface area contributed by atoms with Gasteiger partial charge in [-0.05, 0) is 0 Å². The van der Waals surface area contributed by atoms with Crippen LogP contribution in [0.5, 0.6) is 0 Å². The van der Waals surface area contributed by atoms with Gasteiger partial charge in [0.2, 0.25) is 0 Å². The Morgan fingerprint density at radius 1 is 1.14 bits per heavy atom. The molecule has 1 aromatic carbocycles. The van der Waals surface area contributed by atoms with E-state index in [1.54, 1.807) is 0 Å². The SMILES string of the molecule is CC1=CCC(c2cccc[c]2[Ti+2][O]CC(C)(C)C)=C1.[Cl-].[Cl-]. The Balaban J connectivity index is 0.00000200. The molecule has 0 aromatic heterocycles. The molecule has 0 heterocycles. The van der Waals surface area contributed by atoms with Crippen molar-refractivity contribution < 1.29 is 47.7 Å². The van der Waals surface area contributed by atoms with Crippen LogP contribution in [-0.4, -0.2) is 6.61 Å². The van der Waals surface area contributed by atoms with Crippen molar-refractivity contribution in [2.75, 3.05) is 6.61 Å². The summed E-state index contributed by atoms with van der Waals surface area (Å²) in [5.74, 6) is 0. The van der Waals surface area contributed by atoms with Gasteiger partial charge in [-0.2, -0.15) is 0 Å². The van der Waals surface area contributed by atoms with E-state index < -0.39 is 19.5 Å². The molecule has 2 rings (SSSR count). The van der Waals surface area contributed by atoms with E-state index in [0.29, 0.717) is 0 Å². The van der Waals surface area contributed by atoms with E-state index in [2.05, 4.69) is 64.1 Å². The van der Waals surface area contributed by atoms with Gasteiger partial charge in [0.25, 0.3) is 0 Å². The summed E-state index contributed by atoms with van der Waals surface area (Å²) in [6, 6.07) is 8.71. The third-order valence-corrected chi connectivity index (χ3v) is 4.48. The molecule has 0 unspecified atom stereocenters. The minimum absolute atomic E-state index is 0. The second-order valence-corrected chi connectivity index (χ2v) is 7.93. The molecule has 0 saturated heterocycles. The second-order valence-electron chi connectivity index (χ2n) is 6.32. The molecule has 1 aromatic rings. The molecule has 0 aliphatic heterocycles. The summed E-state index contributed by atoms with van der Waals surface area (Å²) in [6.07, 6.45) is 5.66. The van der Waals surface area contributed by atoms with Crippen molar-refractivity contribution in [3.05, 3.63) is 47.6 Å². The number of rotatable bonds is 4. The summed E-state index contributed by atoms with van der Waals surface area (Å²) in [5.41, 5.74) is 4.46. The summed E-state index contributed by atoms with van der Waals surface area (Å²) in [7, 11) is 0. The summed E-state index contributed by atoms with van der Waals surface area (Å²) < 4.78 is 7.41. The van der Waals surface area contributed by atoms with E-state index in [1.165, 1.54) is 20.6 Å². The fraction of sp³-hybridized carbons (Fsp3) is 0.412. The monoisotopic (exact) mass is 360 g/mol. The minimum atomic E-state index is -0.501. The molecule has 0 saturated carbocycles. The summed E-state index contributed by atoms with van der Waals surface area (Å²) in [5, 5.41) is 0. The maximum Gasteiger partial charge on any atom is -1.00 e. The Bertz CT molecular complexity index is 516. The normalized spacial score (nSPS) is 13.5. The third kappa shape index (κ3) is 6.71. The molecule has 0 atom stereocenters. The molecule has 0 bridgehead atoms. The van der Waals surface area contributed by atoms with Crippen LogP contribution in [0.15, 0.2) is 42.0 Å². The first kappa shape index (κ1) is 21.0. The van der Waals surface area contributed by atoms with Crippen LogP contribution in [0.2, 0.25) is 0 Å². The van der Waals surface area contributed by atoms with Crippen molar-refractivity contribution in [3.63, 3.8) is 0 Å². The van der Waals surface area contributed by atoms with Gasteiger partial charge in [0, 0.05) is 0 Å². The van der Waals surface area contributed by atoms with Gasteiger partial charge in [-0.1, -0.05) is 0 Å². The fourth-order valence-corrected chi connectivity index (χ4v) is 3.87. The van der Waals surface area contributed by atoms with Crippen LogP contribution < -0.4 is 28.7 Å². The molecule has 0 spiro atoms. The molecule has 0 fully saturated rings. The van der Waals surface area contributed by atoms with Crippen molar-refractivity contribution in [2.45, 2.75) is 34.1 Å². The molecule has 114 valence electrons. The quantitative estimate of drug-likeness (QED) is 0.571. The number of halogens is 2. The largest absolute Gasteiger partial charge is 1.00 e. The summed E-state index contributed by atoms with van der Waals surface area (Å²) >= 11 is -0.501. The van der Waals surface area contributed by atoms with Crippen LogP contribution in [-0.2, 0) is 22.9 Å². The Morgan fingerprint density at radius 3 is 2.38 bits per heavy atom. The second kappa shape index (κ2) is 9.17. The van der Waals surface area contributed by atoms with Crippen LogP contribution in [0.3, 0.4) is 0 Å². The van der Waals surface area contributed by atoms with Crippen molar-refractivity contribution in [2.24, 2.45) is 5.41 Å². The number of allylic oxidation sites excluding steroid dienone is 4. The van der Waals surface area contributed by atoms with Crippen LogP contribution >= 0.6 is 0 Å². The van der Waals surface area contributed by atoms with Crippen LogP contribution in [0.25, 0.3) is 5.57 Å². The van der Waals surface area contributed by atoms with E-state index in [-0.39, 0.29) is 30.2 Å². The van der Waals surface area contributed by atoms with Crippen LogP contribution in [0, 0.1) is 5.41 Å². The van der Waals surface area contributed by atoms with Crippen molar-refractivity contribution in [1.82, 2.24) is 0 Å². The molecule has 21 heavy (non-hydrogen) atoms. The minimum Gasteiger partial charge on any atom is -1.00 e. The first-order valence-electron chi connectivity index (χ1n) is 6.80. The zero-order valence-electron chi connectivity index (χ0n) is 13.0. The number of hydrogen-bond acceptors (Lipinski definition) is 1. The van der Waals surface area contributed by atoms with Gasteiger partial charge in [0.15, 0.2) is 0 Å². The van der Waals surface area contributed by atoms with Gasteiger partial charge in [-0.15, -0.1) is 0 Å². The van der Waals surface area contributed by atoms with Gasteiger partial charge >= 0.3 is 126 Å². The Hall–Kier alpha value is -0.0457. The standard InChI is InChI=1S/C12H11.C5H11O.2ClH.Ti/c1-10-7-8-12(9-10)11-5-3-2-4-6-11;1-5(2,3)4-6;;;/h2-5,7,9H,8H2,1H3;4H2,1-3H3;2*1H;/q;-1;;;+3/p-2. The Labute approximate surface area is 150 Å². The smallest absolute Gasteiger partial charge is 1.00 e. The first-order valence-corrected chi connectivity index (χ1v) is 8.22. The molecule has 0 N–H and O–H groups in total. The topological polar surface area (TPSA) is 9.23 Å². The van der Waals surface area contributed by atoms with Gasteiger partial charge < -0.3 is 24.8 Å². The zero-order valence-corrected chi connectivity index (χ0v) is 16.1. The zero-order chi connectivity index (χ0) is 13.9. The molecule has 1 aliphatic rings. The van der Waals surface area contributed by atoms with E-state index in [4.69, 9.17) is 3.32 Å². The summed E-state index contributed by atoms with van der Waals surface area (Å²) in [4.78, 5) is 0. The molecule has 1 nitrogen and oxygen atoms in total. The number of benzene rings is 1. The summed E-state index contributed by atoms with van der Waals surface area (Å²) in [6.45, 7) is 9.67. The molecular weight excluding hydrogens is 339 g/mol. The molecule has 0 radical (unpaired) electrons. The van der Waals surface area contributed by atoms with E-state index in [0.717, 1.165) is 13.0 Å². The third-order valence-electron chi connectivity index (χ3n) is 3.01. The number of hydrogen-bond donors (Lipinski definition) is 0. The van der Waals surface area contributed by atoms with Gasteiger partial charge in [0.1, 0.15) is 0 Å². The van der Waals surface area contributed by atoms with Gasteiger partial charge in [-0.3, -0.25) is 0 Å². The fourth-order valence-electron chi connectivity index (χ4n) is 2.03. The average molecular weight is 361 g/mol. The van der Waals surface area contributed by atoms with Gasteiger partial charge in [0.05, 0.1) is 0 Å². The maximum atomic E-state index is 5.99. The predicted octanol–water partition coefficient (Wildman–Crippen LogP) is -1.89. The molecular formula is C17H22Cl2OTi. The van der Waals surface area contributed by atoms with Crippen molar-refractivity contribution in [1.29, 1.82) is 0 Å². The molecule has 1 aliphatic carbocycles. The van der Waals surface area contributed by atoms with Crippen molar-refractivity contribution >= 4 is 9.44 Å². The molecule has 0 amide bonds. The molecule has 4 heteroatoms. The first-order chi connectivity index (χ1) is 8.96. The Kier molecular flexibility index (Phi) is 9.15. The average Bonchev–Trinajstić information content (AvgIpc) is 2.75. The van der Waals surface area contributed by atoms with Gasteiger partial charge in [-0.25, -0.2) is 0 Å². The van der Waals surface area contributed by atoms with E-state index >= 15 is 0 Å². The van der Waals surface area contributed by atoms with Crippen LogP contribution in [0.4, 0.5) is 0 Å². The van der Waals surface area contributed by atoms with Crippen molar-refractivity contribution in [3.8, 4) is 0 Å². The maximum absolute atomic E-state index is 5.99. The van der Waals surface area contributed by atoms with E-state index in [1.807, 2.05) is 0 Å².